The number of benzene rings is 1. The Hall–Kier alpha value is -3.03. The van der Waals surface area contributed by atoms with Gasteiger partial charge in [0.2, 0.25) is 11.7 Å². The van der Waals surface area contributed by atoms with E-state index in [0.717, 1.165) is 0 Å². The molecule has 4 atom stereocenters. The van der Waals surface area contributed by atoms with Gasteiger partial charge in [0.15, 0.2) is 11.3 Å². The molecule has 1 aliphatic carbocycles. The molecular weight excluding hydrogens is 304 g/mol. The van der Waals surface area contributed by atoms with Gasteiger partial charge in [-0.2, -0.15) is 0 Å². The Kier molecular flexibility index (Phi) is 2.09. The van der Waals surface area contributed by atoms with Crippen molar-refractivity contribution < 1.29 is 28.6 Å². The van der Waals surface area contributed by atoms with Crippen LogP contribution in [0.2, 0.25) is 0 Å². The Balaban J connectivity index is 1.70. The van der Waals surface area contributed by atoms with Crippen LogP contribution in [-0.2, 0) is 9.59 Å². The number of ether oxygens (including phenoxy) is 1. The highest BCUT2D eigenvalue weighted by Gasteiger charge is 2.63. The first-order valence-corrected chi connectivity index (χ1v) is 7.12. The lowest BCUT2D eigenvalue weighted by atomic mass is 9.56. The molecular formula is C15H10N2O6. The first-order chi connectivity index (χ1) is 11.1. The Morgan fingerprint density at radius 3 is 2.78 bits per heavy atom. The standard InChI is InChI=1S/C15H10N2O6/c18-10-11-4(1-2-22-11)3-5-6-7-9(16-15(21)17-13(7)19)8(6)14(20)23-12(5)10/h1-3,6-9,18H,(H2,16,17,19,21). The number of hydrogen-bond donors (Lipinski definition) is 3. The fourth-order valence-corrected chi connectivity index (χ4v) is 3.94. The van der Waals surface area contributed by atoms with E-state index in [1.54, 1.807) is 12.1 Å². The van der Waals surface area contributed by atoms with Gasteiger partial charge in [-0.05, 0) is 12.1 Å². The summed E-state index contributed by atoms with van der Waals surface area (Å²) in [6, 6.07) is 2.24. The normalized spacial score (nSPS) is 31.2. The largest absolute Gasteiger partial charge is 0.502 e. The van der Waals surface area contributed by atoms with Crippen molar-refractivity contribution in [3.63, 3.8) is 0 Å². The molecule has 5 rings (SSSR count). The number of aromatic hydroxyl groups is 1. The molecule has 1 aromatic heterocycles. The Bertz CT molecular complexity index is 916. The van der Waals surface area contributed by atoms with Gasteiger partial charge >= 0.3 is 12.0 Å². The Labute approximate surface area is 128 Å². The maximum atomic E-state index is 12.3. The Morgan fingerprint density at radius 1 is 1.13 bits per heavy atom. The van der Waals surface area contributed by atoms with Gasteiger partial charge in [0.25, 0.3) is 0 Å². The van der Waals surface area contributed by atoms with Crippen LogP contribution in [0.1, 0.15) is 11.5 Å². The number of hydrogen-bond acceptors (Lipinski definition) is 6. The highest BCUT2D eigenvalue weighted by molar-refractivity contribution is 6.03. The predicted octanol–water partition coefficient (Wildman–Crippen LogP) is 0.595. The van der Waals surface area contributed by atoms with Crippen LogP contribution < -0.4 is 15.4 Å². The van der Waals surface area contributed by atoms with E-state index in [4.69, 9.17) is 9.15 Å². The second-order valence-corrected chi connectivity index (χ2v) is 5.97. The maximum absolute atomic E-state index is 12.3. The first-order valence-electron chi connectivity index (χ1n) is 7.12. The van der Waals surface area contributed by atoms with Crippen molar-refractivity contribution in [2.45, 2.75) is 12.0 Å². The van der Waals surface area contributed by atoms with E-state index in [0.29, 0.717) is 10.9 Å². The quantitative estimate of drug-likeness (QED) is 0.484. The highest BCUT2D eigenvalue weighted by Crippen LogP contribution is 2.57. The zero-order valence-corrected chi connectivity index (χ0v) is 11.5. The van der Waals surface area contributed by atoms with E-state index in [2.05, 4.69) is 10.6 Å². The van der Waals surface area contributed by atoms with Gasteiger partial charge in [0.1, 0.15) is 0 Å². The van der Waals surface area contributed by atoms with Crippen LogP contribution in [0.4, 0.5) is 4.79 Å². The molecule has 0 radical (unpaired) electrons. The van der Waals surface area contributed by atoms with E-state index in [-0.39, 0.29) is 17.1 Å². The van der Waals surface area contributed by atoms with E-state index in [1.165, 1.54) is 6.26 Å². The molecule has 3 N–H and O–H groups in total. The lowest BCUT2D eigenvalue weighted by Gasteiger charge is -2.53. The minimum Gasteiger partial charge on any atom is -0.502 e. The van der Waals surface area contributed by atoms with Crippen molar-refractivity contribution in [2.24, 2.45) is 11.8 Å². The van der Waals surface area contributed by atoms with Crippen LogP contribution in [0.5, 0.6) is 11.5 Å². The number of phenolic OH excluding ortho intramolecular Hbond substituents is 1. The van der Waals surface area contributed by atoms with Crippen molar-refractivity contribution in [1.82, 2.24) is 10.6 Å². The van der Waals surface area contributed by atoms with Crippen LogP contribution in [-0.4, -0.2) is 29.1 Å². The summed E-state index contributed by atoms with van der Waals surface area (Å²) in [5, 5.41) is 15.8. The van der Waals surface area contributed by atoms with E-state index < -0.39 is 41.7 Å². The third-order valence-electron chi connectivity index (χ3n) is 4.92. The van der Waals surface area contributed by atoms with Gasteiger partial charge in [-0.15, -0.1) is 0 Å². The molecule has 4 unspecified atom stereocenters. The third-order valence-corrected chi connectivity index (χ3v) is 4.92. The lowest BCUT2D eigenvalue weighted by Crippen LogP contribution is -2.72. The van der Waals surface area contributed by atoms with Crippen LogP contribution >= 0.6 is 0 Å². The maximum Gasteiger partial charge on any atom is 0.321 e. The fourth-order valence-electron chi connectivity index (χ4n) is 3.94. The molecule has 2 aromatic rings. The van der Waals surface area contributed by atoms with Gasteiger partial charge in [-0.3, -0.25) is 14.9 Å². The lowest BCUT2D eigenvalue weighted by molar-refractivity contribution is -0.155. The fraction of sp³-hybridized carbons (Fsp3) is 0.267. The third kappa shape index (κ3) is 1.38. The molecule has 116 valence electrons. The first kappa shape index (κ1) is 12.5. The second-order valence-electron chi connectivity index (χ2n) is 5.97. The second kappa shape index (κ2) is 3.83. The minimum absolute atomic E-state index is 0.0295. The van der Waals surface area contributed by atoms with E-state index in [9.17, 15) is 19.5 Å². The van der Waals surface area contributed by atoms with Crippen LogP contribution in [0, 0.1) is 11.8 Å². The zero-order chi connectivity index (χ0) is 15.9. The SMILES string of the molecule is O=C1NC(=O)C2C(N1)C1C(=O)Oc3c(cc4ccoc4c3O)C21. The molecule has 0 bridgehead atoms. The number of carbonyl (C=O) groups is 3. The van der Waals surface area contributed by atoms with E-state index in [1.807, 2.05) is 0 Å². The summed E-state index contributed by atoms with van der Waals surface area (Å²) < 4.78 is 10.5. The molecule has 3 heterocycles. The average Bonchev–Trinajstić information content (AvgIpc) is 2.93. The van der Waals surface area contributed by atoms with Crippen molar-refractivity contribution in [3.8, 4) is 11.5 Å². The van der Waals surface area contributed by atoms with Gasteiger partial charge in [0.05, 0.1) is 24.1 Å². The van der Waals surface area contributed by atoms with Gasteiger partial charge in [-0.25, -0.2) is 4.79 Å². The van der Waals surface area contributed by atoms with Gasteiger partial charge in [-0.1, -0.05) is 0 Å². The van der Waals surface area contributed by atoms with Crippen LogP contribution in [0.3, 0.4) is 0 Å². The molecule has 2 aliphatic heterocycles. The summed E-state index contributed by atoms with van der Waals surface area (Å²) >= 11 is 0. The number of esters is 1. The number of nitrogens with one attached hydrogen (secondary N) is 2. The van der Waals surface area contributed by atoms with Crippen molar-refractivity contribution in [3.05, 3.63) is 24.0 Å². The molecule has 0 spiro atoms. The number of imide groups is 1. The zero-order valence-electron chi connectivity index (χ0n) is 11.5. The smallest absolute Gasteiger partial charge is 0.321 e. The Morgan fingerprint density at radius 2 is 1.96 bits per heavy atom. The molecule has 1 aromatic carbocycles. The minimum atomic E-state index is -0.633. The van der Waals surface area contributed by atoms with Crippen molar-refractivity contribution >= 4 is 28.9 Å². The van der Waals surface area contributed by atoms with Crippen molar-refractivity contribution in [2.75, 3.05) is 0 Å². The molecule has 8 nitrogen and oxygen atoms in total. The predicted molar refractivity (Wildman–Crippen MR) is 73.7 cm³/mol. The monoisotopic (exact) mass is 314 g/mol. The van der Waals surface area contributed by atoms with E-state index >= 15 is 0 Å². The van der Waals surface area contributed by atoms with Gasteiger partial charge < -0.3 is 19.6 Å². The molecule has 1 saturated heterocycles. The molecule has 1 saturated carbocycles. The summed E-state index contributed by atoms with van der Waals surface area (Å²) in [5.74, 6) is -2.85. The summed E-state index contributed by atoms with van der Waals surface area (Å²) in [6.45, 7) is 0. The molecule has 8 heteroatoms. The summed E-state index contributed by atoms with van der Waals surface area (Å²) in [4.78, 5) is 35.8. The summed E-state index contributed by atoms with van der Waals surface area (Å²) in [6.07, 6.45) is 1.42. The average molecular weight is 314 g/mol. The molecule has 3 amide bonds. The molecule has 23 heavy (non-hydrogen) atoms. The van der Waals surface area contributed by atoms with Gasteiger partial charge in [0, 0.05) is 16.9 Å². The summed E-state index contributed by atoms with van der Waals surface area (Å²) in [7, 11) is 0. The van der Waals surface area contributed by atoms with Crippen molar-refractivity contribution in [1.29, 1.82) is 0 Å². The van der Waals surface area contributed by atoms with Crippen LogP contribution in [0.25, 0.3) is 11.0 Å². The number of amides is 3. The number of phenols is 1. The number of fused-ring (bicyclic) bond motifs is 7. The summed E-state index contributed by atoms with van der Waals surface area (Å²) in [5.41, 5.74) is 0.806. The highest BCUT2D eigenvalue weighted by atomic mass is 16.5. The topological polar surface area (TPSA) is 118 Å². The molecule has 2 fully saturated rings. The van der Waals surface area contributed by atoms with Crippen LogP contribution in [0.15, 0.2) is 22.8 Å². The number of urea groups is 1. The number of furan rings is 1. The molecule has 3 aliphatic rings. The number of carbonyl (C=O) groups excluding carboxylic acids is 3. The number of rotatable bonds is 0.